The van der Waals surface area contributed by atoms with Crippen molar-refractivity contribution in [2.75, 3.05) is 5.32 Å². The molecule has 0 unspecified atom stereocenters. The standard InChI is InChI=1S/C9H6Cl2N4O/c10-5-1-2-6(11)7(3-5)14-9(16)8-12-4-13-15-8/h1-4H,(H,14,16)(H,12,13,15). The molecule has 1 heterocycles. The summed E-state index contributed by atoms with van der Waals surface area (Å²) in [6.45, 7) is 0. The molecular weight excluding hydrogens is 251 g/mol. The minimum atomic E-state index is -0.429. The van der Waals surface area contributed by atoms with Crippen LogP contribution in [0.1, 0.15) is 10.6 Å². The predicted octanol–water partition coefficient (Wildman–Crippen LogP) is 2.36. The van der Waals surface area contributed by atoms with Gasteiger partial charge >= 0.3 is 0 Å². The zero-order chi connectivity index (χ0) is 11.5. The highest BCUT2D eigenvalue weighted by atomic mass is 35.5. The lowest BCUT2D eigenvalue weighted by molar-refractivity contribution is 0.101. The maximum atomic E-state index is 11.6. The van der Waals surface area contributed by atoms with Crippen molar-refractivity contribution in [2.24, 2.45) is 0 Å². The summed E-state index contributed by atoms with van der Waals surface area (Å²) in [6.07, 6.45) is 1.24. The van der Waals surface area contributed by atoms with E-state index < -0.39 is 5.91 Å². The SMILES string of the molecule is O=C(Nc1cc(Cl)ccc1Cl)c1ncn[nH]1. The Balaban J connectivity index is 2.21. The number of benzene rings is 1. The molecule has 1 aromatic carbocycles. The van der Waals surface area contributed by atoms with Crippen LogP contribution in [-0.2, 0) is 0 Å². The van der Waals surface area contributed by atoms with E-state index in [0.717, 1.165) is 0 Å². The van der Waals surface area contributed by atoms with Gasteiger partial charge in [-0.2, -0.15) is 5.10 Å². The molecule has 0 saturated heterocycles. The molecule has 0 bridgehead atoms. The number of hydrogen-bond acceptors (Lipinski definition) is 3. The number of carbonyl (C=O) groups excluding carboxylic acids is 1. The summed E-state index contributed by atoms with van der Waals surface area (Å²) in [5.74, 6) is -0.322. The van der Waals surface area contributed by atoms with Crippen molar-refractivity contribution in [3.8, 4) is 0 Å². The number of hydrogen-bond donors (Lipinski definition) is 2. The molecule has 0 aliphatic carbocycles. The van der Waals surface area contributed by atoms with Crippen LogP contribution in [0.5, 0.6) is 0 Å². The second kappa shape index (κ2) is 4.51. The largest absolute Gasteiger partial charge is 0.318 e. The van der Waals surface area contributed by atoms with Crippen molar-refractivity contribution < 1.29 is 4.79 Å². The summed E-state index contributed by atoms with van der Waals surface area (Å²) in [5.41, 5.74) is 0.426. The van der Waals surface area contributed by atoms with Crippen LogP contribution < -0.4 is 5.32 Å². The average Bonchev–Trinajstić information content (AvgIpc) is 2.76. The molecule has 82 valence electrons. The zero-order valence-electron chi connectivity index (χ0n) is 7.87. The van der Waals surface area contributed by atoms with Gasteiger partial charge in [0.05, 0.1) is 10.7 Å². The van der Waals surface area contributed by atoms with Gasteiger partial charge < -0.3 is 5.32 Å². The molecule has 0 aliphatic heterocycles. The highest BCUT2D eigenvalue weighted by molar-refractivity contribution is 6.35. The smallest absolute Gasteiger partial charge is 0.293 e. The number of aromatic amines is 1. The van der Waals surface area contributed by atoms with E-state index in [9.17, 15) is 4.79 Å². The van der Waals surface area contributed by atoms with Gasteiger partial charge in [0.25, 0.3) is 5.91 Å². The Morgan fingerprint density at radius 1 is 1.38 bits per heavy atom. The molecule has 0 aliphatic rings. The van der Waals surface area contributed by atoms with E-state index in [1.165, 1.54) is 6.33 Å². The Bertz CT molecular complexity index is 512. The third-order valence-electron chi connectivity index (χ3n) is 1.81. The van der Waals surface area contributed by atoms with E-state index >= 15 is 0 Å². The van der Waals surface area contributed by atoms with Crippen LogP contribution in [-0.4, -0.2) is 21.1 Å². The topological polar surface area (TPSA) is 70.7 Å². The Kier molecular flexibility index (Phi) is 3.07. The van der Waals surface area contributed by atoms with Gasteiger partial charge in [0.2, 0.25) is 5.82 Å². The third kappa shape index (κ3) is 2.32. The van der Waals surface area contributed by atoms with Crippen molar-refractivity contribution in [1.82, 2.24) is 15.2 Å². The number of amides is 1. The minimum absolute atomic E-state index is 0.107. The zero-order valence-corrected chi connectivity index (χ0v) is 9.38. The van der Waals surface area contributed by atoms with Crippen molar-refractivity contribution in [3.63, 3.8) is 0 Å². The average molecular weight is 257 g/mol. The summed E-state index contributed by atoms with van der Waals surface area (Å²) >= 11 is 11.7. The molecule has 2 N–H and O–H groups in total. The molecule has 0 spiro atoms. The second-order valence-corrected chi connectivity index (χ2v) is 3.76. The number of nitrogens with one attached hydrogen (secondary N) is 2. The maximum Gasteiger partial charge on any atom is 0.293 e. The molecule has 0 saturated carbocycles. The van der Waals surface area contributed by atoms with E-state index in [4.69, 9.17) is 23.2 Å². The number of halogens is 2. The van der Waals surface area contributed by atoms with Gasteiger partial charge in [0, 0.05) is 5.02 Å². The Hall–Kier alpha value is -1.59. The summed E-state index contributed by atoms with van der Waals surface area (Å²) in [6, 6.07) is 4.78. The summed E-state index contributed by atoms with van der Waals surface area (Å²) < 4.78 is 0. The maximum absolute atomic E-state index is 11.6. The van der Waals surface area contributed by atoms with E-state index in [-0.39, 0.29) is 5.82 Å². The first-order valence-electron chi connectivity index (χ1n) is 4.28. The molecule has 0 radical (unpaired) electrons. The van der Waals surface area contributed by atoms with Crippen molar-refractivity contribution in [2.45, 2.75) is 0 Å². The van der Waals surface area contributed by atoms with Gasteiger partial charge in [-0.25, -0.2) is 4.98 Å². The summed E-state index contributed by atoms with van der Waals surface area (Å²) in [7, 11) is 0. The number of anilines is 1. The Morgan fingerprint density at radius 2 is 2.19 bits per heavy atom. The lowest BCUT2D eigenvalue weighted by Gasteiger charge is -2.05. The lowest BCUT2D eigenvalue weighted by atomic mass is 10.3. The van der Waals surface area contributed by atoms with Gasteiger partial charge in [-0.15, -0.1) is 0 Å². The van der Waals surface area contributed by atoms with Crippen LogP contribution in [0.3, 0.4) is 0 Å². The van der Waals surface area contributed by atoms with E-state index in [2.05, 4.69) is 20.5 Å². The van der Waals surface area contributed by atoms with E-state index in [0.29, 0.717) is 15.7 Å². The van der Waals surface area contributed by atoms with Crippen LogP contribution in [0.25, 0.3) is 0 Å². The first-order valence-corrected chi connectivity index (χ1v) is 5.04. The molecule has 1 aromatic heterocycles. The highest BCUT2D eigenvalue weighted by Gasteiger charge is 2.10. The van der Waals surface area contributed by atoms with Crippen LogP contribution in [0.2, 0.25) is 10.0 Å². The van der Waals surface area contributed by atoms with Gasteiger partial charge in [0.15, 0.2) is 0 Å². The number of nitrogens with zero attached hydrogens (tertiary/aromatic N) is 2. The predicted molar refractivity (Wildman–Crippen MR) is 60.8 cm³/mol. The molecule has 2 aromatic rings. The lowest BCUT2D eigenvalue weighted by Crippen LogP contribution is -2.14. The number of H-pyrrole nitrogens is 1. The van der Waals surface area contributed by atoms with Crippen LogP contribution in [0.15, 0.2) is 24.5 Å². The molecule has 2 rings (SSSR count). The summed E-state index contributed by atoms with van der Waals surface area (Å²) in [4.78, 5) is 15.3. The molecular formula is C9H6Cl2N4O. The fourth-order valence-corrected chi connectivity index (χ4v) is 1.43. The third-order valence-corrected chi connectivity index (χ3v) is 2.37. The van der Waals surface area contributed by atoms with Crippen LogP contribution in [0, 0.1) is 0 Å². The number of rotatable bonds is 2. The minimum Gasteiger partial charge on any atom is -0.318 e. The Labute approximate surface area is 101 Å². The normalized spacial score (nSPS) is 10.1. The molecule has 1 amide bonds. The van der Waals surface area contributed by atoms with Crippen LogP contribution >= 0.6 is 23.2 Å². The summed E-state index contributed by atoms with van der Waals surface area (Å²) in [5, 5.41) is 9.46. The molecule has 5 nitrogen and oxygen atoms in total. The fraction of sp³-hybridized carbons (Fsp3) is 0. The molecule has 16 heavy (non-hydrogen) atoms. The quantitative estimate of drug-likeness (QED) is 0.867. The molecule has 7 heteroatoms. The van der Waals surface area contributed by atoms with Gasteiger partial charge in [-0.1, -0.05) is 23.2 Å². The van der Waals surface area contributed by atoms with E-state index in [1.807, 2.05) is 0 Å². The fourth-order valence-electron chi connectivity index (χ4n) is 1.09. The molecule has 0 atom stereocenters. The number of aromatic nitrogens is 3. The van der Waals surface area contributed by atoms with Crippen LogP contribution in [0.4, 0.5) is 5.69 Å². The monoisotopic (exact) mass is 256 g/mol. The first kappa shape index (κ1) is 10.9. The van der Waals surface area contributed by atoms with Gasteiger partial charge in [-0.05, 0) is 18.2 Å². The van der Waals surface area contributed by atoms with Gasteiger partial charge in [0.1, 0.15) is 6.33 Å². The van der Waals surface area contributed by atoms with Crippen molar-refractivity contribution in [3.05, 3.63) is 40.4 Å². The van der Waals surface area contributed by atoms with Crippen molar-refractivity contribution >= 4 is 34.8 Å². The Morgan fingerprint density at radius 3 is 2.88 bits per heavy atom. The highest BCUT2D eigenvalue weighted by Crippen LogP contribution is 2.25. The van der Waals surface area contributed by atoms with Gasteiger partial charge in [-0.3, -0.25) is 9.89 Å². The first-order chi connectivity index (χ1) is 7.66. The molecule has 0 fully saturated rings. The second-order valence-electron chi connectivity index (χ2n) is 2.91. The number of carbonyl (C=O) groups is 1. The van der Waals surface area contributed by atoms with E-state index in [1.54, 1.807) is 18.2 Å². The van der Waals surface area contributed by atoms with Crippen molar-refractivity contribution in [1.29, 1.82) is 0 Å².